The third-order valence-corrected chi connectivity index (χ3v) is 3.38. The van der Waals surface area contributed by atoms with Crippen LogP contribution < -0.4 is 4.74 Å². The normalized spacial score (nSPS) is 25.8. The summed E-state index contributed by atoms with van der Waals surface area (Å²) in [6.45, 7) is 3.93. The van der Waals surface area contributed by atoms with Crippen LogP contribution in [-0.4, -0.2) is 27.1 Å². The smallest absolute Gasteiger partial charge is 0.163 e. The van der Waals surface area contributed by atoms with Crippen molar-refractivity contribution in [3.8, 4) is 5.75 Å². The third-order valence-electron chi connectivity index (χ3n) is 3.38. The van der Waals surface area contributed by atoms with Gasteiger partial charge < -0.3 is 9.84 Å². The van der Waals surface area contributed by atoms with Crippen molar-refractivity contribution in [3.63, 3.8) is 0 Å². The van der Waals surface area contributed by atoms with Gasteiger partial charge in [0.1, 0.15) is 11.8 Å². The van der Waals surface area contributed by atoms with Crippen molar-refractivity contribution in [1.82, 2.24) is 9.78 Å². The SMILES string of the molecule is Cc1nn(C)c(C)c1O[C@@H]1CCCC[C@H]1O. The summed E-state index contributed by atoms with van der Waals surface area (Å²) in [7, 11) is 1.91. The molecule has 1 aromatic rings. The van der Waals surface area contributed by atoms with Gasteiger partial charge in [-0.05, 0) is 33.1 Å². The molecule has 4 nitrogen and oxygen atoms in total. The Morgan fingerprint density at radius 3 is 2.56 bits per heavy atom. The van der Waals surface area contributed by atoms with E-state index < -0.39 is 0 Å². The summed E-state index contributed by atoms with van der Waals surface area (Å²) in [5.74, 6) is 0.841. The van der Waals surface area contributed by atoms with E-state index in [4.69, 9.17) is 4.74 Å². The van der Waals surface area contributed by atoms with Crippen molar-refractivity contribution in [2.24, 2.45) is 7.05 Å². The Kier molecular flexibility index (Phi) is 3.19. The first kappa shape index (κ1) is 11.5. The largest absolute Gasteiger partial charge is 0.484 e. The molecule has 16 heavy (non-hydrogen) atoms. The lowest BCUT2D eigenvalue weighted by Crippen LogP contribution is -2.34. The summed E-state index contributed by atoms with van der Waals surface area (Å²) < 4.78 is 7.74. The molecular weight excluding hydrogens is 204 g/mol. The molecule has 1 N–H and O–H groups in total. The van der Waals surface area contributed by atoms with E-state index in [1.165, 1.54) is 0 Å². The average molecular weight is 224 g/mol. The van der Waals surface area contributed by atoms with Crippen LogP contribution in [-0.2, 0) is 7.05 Å². The molecule has 0 radical (unpaired) electrons. The standard InChI is InChI=1S/C12H20N2O2/c1-8-12(9(2)14(3)13-8)16-11-7-5-4-6-10(11)15/h10-11,15H,4-7H2,1-3H3/t10-,11-/m1/s1. The number of rotatable bonds is 2. The van der Waals surface area contributed by atoms with Crippen LogP contribution in [0.25, 0.3) is 0 Å². The van der Waals surface area contributed by atoms with E-state index in [-0.39, 0.29) is 12.2 Å². The Labute approximate surface area is 96.2 Å². The quantitative estimate of drug-likeness (QED) is 0.832. The second kappa shape index (κ2) is 4.45. The van der Waals surface area contributed by atoms with E-state index >= 15 is 0 Å². The van der Waals surface area contributed by atoms with Crippen molar-refractivity contribution in [2.75, 3.05) is 0 Å². The van der Waals surface area contributed by atoms with E-state index in [9.17, 15) is 5.11 Å². The summed E-state index contributed by atoms with van der Waals surface area (Å²) in [5.41, 5.74) is 1.92. The predicted octanol–water partition coefficient (Wildman–Crippen LogP) is 1.72. The predicted molar refractivity (Wildman–Crippen MR) is 61.6 cm³/mol. The molecule has 1 aliphatic rings. The molecule has 0 spiro atoms. The lowest BCUT2D eigenvalue weighted by atomic mass is 9.95. The van der Waals surface area contributed by atoms with Crippen LogP contribution >= 0.6 is 0 Å². The highest BCUT2D eigenvalue weighted by Gasteiger charge is 2.26. The molecule has 2 rings (SSSR count). The van der Waals surface area contributed by atoms with Gasteiger partial charge in [-0.25, -0.2) is 0 Å². The summed E-state index contributed by atoms with van der Waals surface area (Å²) in [4.78, 5) is 0. The maximum atomic E-state index is 9.87. The number of hydrogen-bond donors (Lipinski definition) is 1. The Bertz CT molecular complexity index is 373. The molecule has 0 saturated heterocycles. The summed E-state index contributed by atoms with van der Waals surface area (Å²) in [5, 5.41) is 14.2. The van der Waals surface area contributed by atoms with Crippen LogP contribution in [0.4, 0.5) is 0 Å². The Balaban J connectivity index is 2.13. The fourth-order valence-corrected chi connectivity index (χ4v) is 2.29. The van der Waals surface area contributed by atoms with Gasteiger partial charge in [0.25, 0.3) is 0 Å². The number of nitrogens with zero attached hydrogens (tertiary/aromatic N) is 2. The molecular formula is C12H20N2O2. The molecule has 0 aromatic carbocycles. The van der Waals surface area contributed by atoms with Gasteiger partial charge >= 0.3 is 0 Å². The molecule has 4 heteroatoms. The minimum atomic E-state index is -0.326. The first-order valence-electron chi connectivity index (χ1n) is 5.94. The van der Waals surface area contributed by atoms with Gasteiger partial charge in [0.05, 0.1) is 11.8 Å². The summed E-state index contributed by atoms with van der Waals surface area (Å²) in [6, 6.07) is 0. The third kappa shape index (κ3) is 2.07. The Morgan fingerprint density at radius 2 is 2.00 bits per heavy atom. The summed E-state index contributed by atoms with van der Waals surface area (Å²) in [6.07, 6.45) is 3.65. The number of hydrogen-bond acceptors (Lipinski definition) is 3. The zero-order valence-electron chi connectivity index (χ0n) is 10.2. The van der Waals surface area contributed by atoms with Gasteiger partial charge in [-0.15, -0.1) is 0 Å². The van der Waals surface area contributed by atoms with E-state index in [1.54, 1.807) is 0 Å². The number of aliphatic hydroxyl groups is 1. The summed E-state index contributed by atoms with van der Waals surface area (Å²) >= 11 is 0. The van der Waals surface area contributed by atoms with Crippen molar-refractivity contribution in [3.05, 3.63) is 11.4 Å². The highest BCUT2D eigenvalue weighted by Crippen LogP contribution is 2.28. The minimum absolute atomic E-state index is 0.0599. The lowest BCUT2D eigenvalue weighted by Gasteiger charge is -2.28. The molecule has 90 valence electrons. The van der Waals surface area contributed by atoms with E-state index in [0.29, 0.717) is 0 Å². The Hall–Kier alpha value is -1.03. The van der Waals surface area contributed by atoms with Crippen LogP contribution in [0.15, 0.2) is 0 Å². The molecule has 1 aromatic heterocycles. The van der Waals surface area contributed by atoms with Crippen LogP contribution in [0, 0.1) is 13.8 Å². The van der Waals surface area contributed by atoms with Gasteiger partial charge in [-0.1, -0.05) is 6.42 Å². The van der Waals surface area contributed by atoms with E-state index in [0.717, 1.165) is 42.8 Å². The molecule has 1 fully saturated rings. The monoisotopic (exact) mass is 224 g/mol. The molecule has 2 atom stereocenters. The van der Waals surface area contributed by atoms with Crippen molar-refractivity contribution >= 4 is 0 Å². The van der Waals surface area contributed by atoms with Gasteiger partial charge in [0, 0.05) is 7.05 Å². The zero-order chi connectivity index (χ0) is 11.7. The second-order valence-corrected chi connectivity index (χ2v) is 4.63. The van der Waals surface area contributed by atoms with Gasteiger partial charge in [-0.2, -0.15) is 5.10 Å². The van der Waals surface area contributed by atoms with Crippen molar-refractivity contribution < 1.29 is 9.84 Å². The van der Waals surface area contributed by atoms with E-state index in [2.05, 4.69) is 5.10 Å². The fraction of sp³-hybridized carbons (Fsp3) is 0.750. The first-order valence-corrected chi connectivity index (χ1v) is 5.94. The van der Waals surface area contributed by atoms with Crippen LogP contribution in [0.2, 0.25) is 0 Å². The maximum absolute atomic E-state index is 9.87. The van der Waals surface area contributed by atoms with Crippen molar-refractivity contribution in [1.29, 1.82) is 0 Å². The molecule has 0 amide bonds. The number of aliphatic hydroxyl groups excluding tert-OH is 1. The molecule has 0 unspecified atom stereocenters. The maximum Gasteiger partial charge on any atom is 0.163 e. The number of ether oxygens (including phenoxy) is 1. The second-order valence-electron chi connectivity index (χ2n) is 4.63. The van der Waals surface area contributed by atoms with Crippen LogP contribution in [0.1, 0.15) is 37.1 Å². The van der Waals surface area contributed by atoms with Gasteiger partial charge in [-0.3, -0.25) is 4.68 Å². The minimum Gasteiger partial charge on any atom is -0.484 e. The molecule has 1 saturated carbocycles. The fourth-order valence-electron chi connectivity index (χ4n) is 2.29. The first-order chi connectivity index (χ1) is 7.59. The van der Waals surface area contributed by atoms with E-state index in [1.807, 2.05) is 25.6 Å². The highest BCUT2D eigenvalue weighted by atomic mass is 16.5. The molecule has 1 aliphatic carbocycles. The van der Waals surface area contributed by atoms with Crippen molar-refractivity contribution in [2.45, 2.75) is 51.7 Å². The molecule has 1 heterocycles. The Morgan fingerprint density at radius 1 is 1.31 bits per heavy atom. The lowest BCUT2D eigenvalue weighted by molar-refractivity contribution is 0.00616. The zero-order valence-corrected chi connectivity index (χ0v) is 10.2. The van der Waals surface area contributed by atoms with Crippen LogP contribution in [0.5, 0.6) is 5.75 Å². The van der Waals surface area contributed by atoms with Crippen LogP contribution in [0.3, 0.4) is 0 Å². The topological polar surface area (TPSA) is 47.3 Å². The number of aromatic nitrogens is 2. The average Bonchev–Trinajstić information content (AvgIpc) is 2.48. The molecule has 0 bridgehead atoms. The highest BCUT2D eigenvalue weighted by molar-refractivity contribution is 5.32. The molecule has 0 aliphatic heterocycles. The van der Waals surface area contributed by atoms with Gasteiger partial charge in [0.15, 0.2) is 5.75 Å². The van der Waals surface area contributed by atoms with Gasteiger partial charge in [0.2, 0.25) is 0 Å². The number of aryl methyl sites for hydroxylation is 2.